The Morgan fingerprint density at radius 2 is 2.00 bits per heavy atom. The molecule has 2 N–H and O–H groups in total. The number of hydrogen-bond donors (Lipinski definition) is 2. The SMILES string of the molecule is CCc1cc(C(=O)O)cc2sc3ccccc3c(=O)c12.Cc1ncc([N+](=O)[O-])[nH]1. The number of H-pyrrole nitrogens is 1. The van der Waals surface area contributed by atoms with Gasteiger partial charge >= 0.3 is 11.8 Å². The molecule has 2 aromatic heterocycles. The smallest absolute Gasteiger partial charge is 0.340 e. The van der Waals surface area contributed by atoms with Gasteiger partial charge in [0.15, 0.2) is 11.3 Å². The lowest BCUT2D eigenvalue weighted by Crippen LogP contribution is -2.06. The molecule has 9 heteroatoms. The summed E-state index contributed by atoms with van der Waals surface area (Å²) in [5, 5.41) is 20.5. The van der Waals surface area contributed by atoms with Crippen LogP contribution >= 0.6 is 11.3 Å². The molecule has 2 heterocycles. The molecule has 148 valence electrons. The highest BCUT2D eigenvalue weighted by atomic mass is 32.1. The molecule has 0 fully saturated rings. The zero-order chi connectivity index (χ0) is 21.1. The Bertz CT molecular complexity index is 1290. The van der Waals surface area contributed by atoms with Crippen molar-refractivity contribution in [2.45, 2.75) is 20.3 Å². The van der Waals surface area contributed by atoms with Crippen molar-refractivity contribution in [2.24, 2.45) is 0 Å². The highest BCUT2D eigenvalue weighted by Crippen LogP contribution is 2.28. The van der Waals surface area contributed by atoms with Gasteiger partial charge in [-0.05, 0) is 41.2 Å². The second-order valence-electron chi connectivity index (χ2n) is 6.21. The van der Waals surface area contributed by atoms with Crippen molar-refractivity contribution in [1.29, 1.82) is 0 Å². The van der Waals surface area contributed by atoms with Gasteiger partial charge in [-0.15, -0.1) is 11.3 Å². The number of nitro groups is 1. The van der Waals surface area contributed by atoms with Crippen LogP contribution in [-0.4, -0.2) is 26.0 Å². The van der Waals surface area contributed by atoms with Crippen molar-refractivity contribution >= 4 is 43.3 Å². The van der Waals surface area contributed by atoms with Crippen LogP contribution in [0.1, 0.15) is 28.7 Å². The van der Waals surface area contributed by atoms with E-state index >= 15 is 0 Å². The van der Waals surface area contributed by atoms with Crippen molar-refractivity contribution in [1.82, 2.24) is 9.97 Å². The summed E-state index contributed by atoms with van der Waals surface area (Å²) in [5.41, 5.74) is 1.02. The van der Waals surface area contributed by atoms with Gasteiger partial charge < -0.3 is 15.2 Å². The zero-order valence-corrected chi connectivity index (χ0v) is 16.4. The van der Waals surface area contributed by atoms with Crippen LogP contribution in [0.4, 0.5) is 5.82 Å². The maximum atomic E-state index is 12.6. The fourth-order valence-electron chi connectivity index (χ4n) is 2.91. The lowest BCUT2D eigenvalue weighted by molar-refractivity contribution is -0.389. The van der Waals surface area contributed by atoms with E-state index in [9.17, 15) is 24.8 Å². The van der Waals surface area contributed by atoms with E-state index < -0.39 is 10.9 Å². The summed E-state index contributed by atoms with van der Waals surface area (Å²) < 4.78 is 1.63. The van der Waals surface area contributed by atoms with E-state index in [0.29, 0.717) is 23.0 Å². The predicted octanol–water partition coefficient (Wildman–Crippen LogP) is 4.30. The van der Waals surface area contributed by atoms with E-state index in [-0.39, 0.29) is 16.8 Å². The molecule has 0 atom stereocenters. The number of benzene rings is 2. The van der Waals surface area contributed by atoms with Crippen molar-refractivity contribution < 1.29 is 14.8 Å². The van der Waals surface area contributed by atoms with Crippen LogP contribution in [0.3, 0.4) is 0 Å². The Labute approximate surface area is 168 Å². The first-order valence-corrected chi connectivity index (χ1v) is 9.51. The minimum absolute atomic E-state index is 0.0110. The Balaban J connectivity index is 0.000000224. The molecule has 0 unspecified atom stereocenters. The molecule has 0 aliphatic heterocycles. The average molecular weight is 411 g/mol. The number of fused-ring (bicyclic) bond motifs is 2. The van der Waals surface area contributed by atoms with Crippen LogP contribution in [0.5, 0.6) is 0 Å². The quantitative estimate of drug-likeness (QED) is 0.294. The zero-order valence-electron chi connectivity index (χ0n) is 15.6. The average Bonchev–Trinajstić information content (AvgIpc) is 3.14. The number of carboxylic acids is 1. The third-order valence-electron chi connectivity index (χ3n) is 4.28. The first kappa shape index (κ1) is 20.2. The van der Waals surface area contributed by atoms with Gasteiger partial charge in [-0.1, -0.05) is 19.1 Å². The van der Waals surface area contributed by atoms with Gasteiger partial charge in [-0.2, -0.15) is 0 Å². The predicted molar refractivity (Wildman–Crippen MR) is 112 cm³/mol. The standard InChI is InChI=1S/C16H12O3S.C4H5N3O2/c1-2-9-7-10(16(18)19)8-13-14(9)15(17)11-5-3-4-6-12(11)20-13;1-3-5-2-4(6-3)7(8)9/h3-8H,2H2,1H3,(H,18,19);2H,1H3,(H,5,6). The minimum Gasteiger partial charge on any atom is -0.478 e. The van der Waals surface area contributed by atoms with Crippen LogP contribution < -0.4 is 5.43 Å². The van der Waals surface area contributed by atoms with Crippen LogP contribution in [0, 0.1) is 17.0 Å². The number of rotatable bonds is 3. The molecular formula is C20H17N3O5S. The molecule has 0 bridgehead atoms. The fraction of sp³-hybridized carbons (Fsp3) is 0.150. The van der Waals surface area contributed by atoms with E-state index in [1.54, 1.807) is 19.1 Å². The van der Waals surface area contributed by atoms with E-state index in [1.807, 2.05) is 31.2 Å². The summed E-state index contributed by atoms with van der Waals surface area (Å²) in [5.74, 6) is -0.469. The molecular weight excluding hydrogens is 394 g/mol. The first-order valence-electron chi connectivity index (χ1n) is 8.69. The maximum Gasteiger partial charge on any atom is 0.340 e. The van der Waals surface area contributed by atoms with Crippen molar-refractivity contribution in [2.75, 3.05) is 0 Å². The lowest BCUT2D eigenvalue weighted by Gasteiger charge is -2.07. The Morgan fingerprint density at radius 3 is 2.55 bits per heavy atom. The summed E-state index contributed by atoms with van der Waals surface area (Å²) in [6, 6.07) is 10.6. The number of aromatic nitrogens is 2. The van der Waals surface area contributed by atoms with E-state index in [2.05, 4.69) is 9.97 Å². The largest absolute Gasteiger partial charge is 0.478 e. The lowest BCUT2D eigenvalue weighted by atomic mass is 10.0. The number of carbonyl (C=O) groups is 1. The van der Waals surface area contributed by atoms with Crippen LogP contribution in [0.15, 0.2) is 47.4 Å². The second kappa shape index (κ2) is 8.19. The number of hydrogen-bond acceptors (Lipinski definition) is 6. The van der Waals surface area contributed by atoms with Crippen molar-refractivity contribution in [3.8, 4) is 0 Å². The van der Waals surface area contributed by atoms with Crippen molar-refractivity contribution in [3.05, 3.63) is 79.9 Å². The molecule has 0 radical (unpaired) electrons. The summed E-state index contributed by atoms with van der Waals surface area (Å²) in [6.07, 6.45) is 1.83. The highest BCUT2D eigenvalue weighted by Gasteiger charge is 2.13. The van der Waals surface area contributed by atoms with Gasteiger partial charge in [-0.25, -0.2) is 14.8 Å². The molecule has 29 heavy (non-hydrogen) atoms. The van der Waals surface area contributed by atoms with Gasteiger partial charge in [-0.3, -0.25) is 4.79 Å². The molecule has 0 saturated heterocycles. The molecule has 4 rings (SSSR count). The van der Waals surface area contributed by atoms with Crippen LogP contribution in [0.2, 0.25) is 0 Å². The first-order chi connectivity index (χ1) is 13.8. The normalized spacial score (nSPS) is 10.6. The molecule has 0 aliphatic carbocycles. The van der Waals surface area contributed by atoms with Crippen molar-refractivity contribution in [3.63, 3.8) is 0 Å². The fourth-order valence-corrected chi connectivity index (χ4v) is 4.08. The van der Waals surface area contributed by atoms with E-state index in [1.165, 1.54) is 17.5 Å². The molecule has 2 aromatic carbocycles. The summed E-state index contributed by atoms with van der Waals surface area (Å²) in [6.45, 7) is 3.59. The third kappa shape index (κ3) is 4.14. The van der Waals surface area contributed by atoms with Gasteiger partial charge in [0.25, 0.3) is 0 Å². The number of aromatic carboxylic acids is 1. The summed E-state index contributed by atoms with van der Waals surface area (Å²) in [7, 11) is 0. The van der Waals surface area contributed by atoms with Gasteiger partial charge in [0.1, 0.15) is 6.20 Å². The number of aryl methyl sites for hydroxylation is 2. The Hall–Kier alpha value is -3.59. The maximum absolute atomic E-state index is 12.6. The number of aromatic amines is 1. The highest BCUT2D eigenvalue weighted by molar-refractivity contribution is 7.24. The third-order valence-corrected chi connectivity index (χ3v) is 5.39. The van der Waals surface area contributed by atoms with Gasteiger partial charge in [0.05, 0.1) is 5.56 Å². The second-order valence-corrected chi connectivity index (χ2v) is 7.29. The topological polar surface area (TPSA) is 126 Å². The Morgan fingerprint density at radius 1 is 1.28 bits per heavy atom. The van der Waals surface area contributed by atoms with Gasteiger partial charge in [0.2, 0.25) is 0 Å². The van der Waals surface area contributed by atoms with E-state index in [0.717, 1.165) is 15.0 Å². The molecule has 0 saturated carbocycles. The number of carboxylic acid groups (broad SMARTS) is 1. The summed E-state index contributed by atoms with van der Waals surface area (Å²) in [4.78, 5) is 39.3. The monoisotopic (exact) mass is 411 g/mol. The number of imidazole rings is 1. The molecule has 0 spiro atoms. The van der Waals surface area contributed by atoms with Crippen LogP contribution in [-0.2, 0) is 6.42 Å². The van der Waals surface area contributed by atoms with Gasteiger partial charge in [0, 0.05) is 27.1 Å². The molecule has 0 amide bonds. The number of nitrogens with one attached hydrogen (secondary N) is 1. The molecule has 0 aliphatic rings. The molecule has 8 nitrogen and oxygen atoms in total. The minimum atomic E-state index is -0.964. The van der Waals surface area contributed by atoms with Crippen LogP contribution in [0.25, 0.3) is 20.2 Å². The van der Waals surface area contributed by atoms with E-state index in [4.69, 9.17) is 0 Å². The Kier molecular flexibility index (Phi) is 5.69. The number of nitrogens with zero attached hydrogens (tertiary/aromatic N) is 2. The summed E-state index contributed by atoms with van der Waals surface area (Å²) >= 11 is 1.46. The molecule has 4 aromatic rings.